The largest absolute Gasteiger partial charge is 0.284 e. The maximum absolute atomic E-state index is 13.3. The SMILES string of the molecule is CS(=O)(=O)c1ccc2nc(N(CCc3cccs3)C(=O)c3ccc(C#N)cc3)sc2c1. The van der Waals surface area contributed by atoms with Crippen molar-refractivity contribution in [1.82, 2.24) is 4.98 Å². The average molecular weight is 468 g/mol. The highest BCUT2D eigenvalue weighted by Gasteiger charge is 2.22. The van der Waals surface area contributed by atoms with Gasteiger partial charge in [0.25, 0.3) is 5.91 Å². The number of sulfone groups is 1. The molecule has 2 aromatic heterocycles. The first-order valence-electron chi connectivity index (χ1n) is 9.30. The van der Waals surface area contributed by atoms with E-state index in [1.54, 1.807) is 52.6 Å². The zero-order valence-electron chi connectivity index (χ0n) is 16.5. The third-order valence-corrected chi connectivity index (χ3v) is 7.76. The van der Waals surface area contributed by atoms with Gasteiger partial charge in [-0.2, -0.15) is 5.26 Å². The van der Waals surface area contributed by atoms with E-state index in [1.807, 2.05) is 23.6 Å². The van der Waals surface area contributed by atoms with Gasteiger partial charge in [0.1, 0.15) is 0 Å². The number of carbonyl (C=O) groups excluding carboxylic acids is 1. The Morgan fingerprint density at radius 3 is 2.58 bits per heavy atom. The highest BCUT2D eigenvalue weighted by atomic mass is 32.2. The summed E-state index contributed by atoms with van der Waals surface area (Å²) < 4.78 is 24.5. The lowest BCUT2D eigenvalue weighted by Crippen LogP contribution is -2.32. The second-order valence-electron chi connectivity index (χ2n) is 6.87. The fraction of sp³-hybridized carbons (Fsp3) is 0.136. The molecule has 1 amide bonds. The summed E-state index contributed by atoms with van der Waals surface area (Å²) in [5.74, 6) is -0.219. The summed E-state index contributed by atoms with van der Waals surface area (Å²) in [5.41, 5.74) is 1.58. The number of benzene rings is 2. The summed E-state index contributed by atoms with van der Waals surface area (Å²) in [4.78, 5) is 20.9. The van der Waals surface area contributed by atoms with Crippen LogP contribution in [0.4, 0.5) is 5.13 Å². The lowest BCUT2D eigenvalue weighted by molar-refractivity contribution is 0.0987. The van der Waals surface area contributed by atoms with Crippen LogP contribution in [-0.2, 0) is 16.3 Å². The van der Waals surface area contributed by atoms with Crippen molar-refractivity contribution in [3.63, 3.8) is 0 Å². The van der Waals surface area contributed by atoms with Crippen molar-refractivity contribution in [3.05, 3.63) is 76.0 Å². The van der Waals surface area contributed by atoms with Crippen LogP contribution in [0.1, 0.15) is 20.8 Å². The van der Waals surface area contributed by atoms with E-state index in [0.29, 0.717) is 39.4 Å². The molecule has 0 saturated carbocycles. The van der Waals surface area contributed by atoms with Gasteiger partial charge in [-0.15, -0.1) is 11.3 Å². The van der Waals surface area contributed by atoms with E-state index < -0.39 is 9.84 Å². The molecule has 31 heavy (non-hydrogen) atoms. The molecule has 2 heterocycles. The Morgan fingerprint density at radius 1 is 1.16 bits per heavy atom. The third kappa shape index (κ3) is 4.66. The van der Waals surface area contributed by atoms with Crippen LogP contribution >= 0.6 is 22.7 Å². The van der Waals surface area contributed by atoms with Crippen LogP contribution in [-0.4, -0.2) is 32.1 Å². The molecule has 6 nitrogen and oxygen atoms in total. The molecule has 0 saturated heterocycles. The summed E-state index contributed by atoms with van der Waals surface area (Å²) in [6.45, 7) is 0.429. The summed E-state index contributed by atoms with van der Waals surface area (Å²) >= 11 is 2.91. The van der Waals surface area contributed by atoms with Crippen molar-refractivity contribution >= 4 is 53.8 Å². The summed E-state index contributed by atoms with van der Waals surface area (Å²) in [6.07, 6.45) is 1.84. The average Bonchev–Trinajstić information content (AvgIpc) is 3.42. The number of fused-ring (bicyclic) bond motifs is 1. The number of carbonyl (C=O) groups is 1. The Balaban J connectivity index is 1.72. The van der Waals surface area contributed by atoms with E-state index >= 15 is 0 Å². The summed E-state index contributed by atoms with van der Waals surface area (Å²) in [7, 11) is -3.34. The van der Waals surface area contributed by atoms with E-state index in [4.69, 9.17) is 5.26 Å². The molecule has 0 radical (unpaired) electrons. The van der Waals surface area contributed by atoms with Crippen LogP contribution in [0.5, 0.6) is 0 Å². The zero-order valence-corrected chi connectivity index (χ0v) is 18.9. The van der Waals surface area contributed by atoms with Gasteiger partial charge in [0, 0.05) is 23.2 Å². The first kappa shape index (κ1) is 21.2. The van der Waals surface area contributed by atoms with Gasteiger partial charge >= 0.3 is 0 Å². The number of anilines is 1. The van der Waals surface area contributed by atoms with Crippen LogP contribution in [0.3, 0.4) is 0 Å². The van der Waals surface area contributed by atoms with Gasteiger partial charge in [-0.05, 0) is 60.3 Å². The molecular formula is C22H17N3O3S3. The van der Waals surface area contributed by atoms with Gasteiger partial charge in [-0.25, -0.2) is 13.4 Å². The van der Waals surface area contributed by atoms with E-state index in [-0.39, 0.29) is 10.8 Å². The van der Waals surface area contributed by atoms with Crippen molar-refractivity contribution in [1.29, 1.82) is 5.26 Å². The number of aromatic nitrogens is 1. The molecule has 0 N–H and O–H groups in total. The van der Waals surface area contributed by atoms with Crippen molar-refractivity contribution in [2.24, 2.45) is 0 Å². The Labute approximate surface area is 187 Å². The molecule has 9 heteroatoms. The van der Waals surface area contributed by atoms with E-state index in [0.717, 1.165) is 11.1 Å². The highest BCUT2D eigenvalue weighted by molar-refractivity contribution is 7.90. The van der Waals surface area contributed by atoms with Crippen LogP contribution in [0.2, 0.25) is 0 Å². The van der Waals surface area contributed by atoms with Crippen molar-refractivity contribution in [2.75, 3.05) is 17.7 Å². The minimum atomic E-state index is -3.34. The Kier molecular flexibility index (Phi) is 5.87. The monoisotopic (exact) mass is 467 g/mol. The van der Waals surface area contributed by atoms with Gasteiger partial charge < -0.3 is 0 Å². The third-order valence-electron chi connectivity index (χ3n) is 4.68. The molecule has 0 aliphatic rings. The van der Waals surface area contributed by atoms with Gasteiger partial charge in [0.15, 0.2) is 15.0 Å². The van der Waals surface area contributed by atoms with Crippen molar-refractivity contribution < 1.29 is 13.2 Å². The van der Waals surface area contributed by atoms with Gasteiger partial charge in [-0.1, -0.05) is 17.4 Å². The Hall–Kier alpha value is -3.06. The molecular weight excluding hydrogens is 450 g/mol. The quantitative estimate of drug-likeness (QED) is 0.416. The fourth-order valence-corrected chi connectivity index (χ4v) is 5.49. The van der Waals surface area contributed by atoms with E-state index in [2.05, 4.69) is 4.98 Å². The molecule has 2 aromatic carbocycles. The number of nitriles is 1. The number of thiazole rings is 1. The minimum Gasteiger partial charge on any atom is -0.284 e. The maximum atomic E-state index is 13.3. The maximum Gasteiger partial charge on any atom is 0.260 e. The minimum absolute atomic E-state index is 0.219. The molecule has 0 bridgehead atoms. The van der Waals surface area contributed by atoms with E-state index in [9.17, 15) is 13.2 Å². The molecule has 4 rings (SSSR count). The number of hydrogen-bond acceptors (Lipinski definition) is 7. The lowest BCUT2D eigenvalue weighted by Gasteiger charge is -2.19. The van der Waals surface area contributed by atoms with Gasteiger partial charge in [0.2, 0.25) is 0 Å². The van der Waals surface area contributed by atoms with Crippen molar-refractivity contribution in [3.8, 4) is 6.07 Å². The van der Waals surface area contributed by atoms with Crippen LogP contribution < -0.4 is 4.90 Å². The molecule has 0 aliphatic carbocycles. The first-order valence-corrected chi connectivity index (χ1v) is 12.9. The second kappa shape index (κ2) is 8.59. The molecule has 0 fully saturated rings. The molecule has 156 valence electrons. The zero-order chi connectivity index (χ0) is 22.0. The lowest BCUT2D eigenvalue weighted by atomic mass is 10.1. The molecule has 0 unspecified atom stereocenters. The van der Waals surface area contributed by atoms with E-state index in [1.165, 1.54) is 17.4 Å². The van der Waals surface area contributed by atoms with Crippen LogP contribution in [0, 0.1) is 11.3 Å². The molecule has 0 atom stereocenters. The Morgan fingerprint density at radius 2 is 1.94 bits per heavy atom. The molecule has 0 aliphatic heterocycles. The van der Waals surface area contributed by atoms with Crippen LogP contribution in [0.25, 0.3) is 10.2 Å². The normalized spacial score (nSPS) is 11.4. The number of rotatable bonds is 6. The van der Waals surface area contributed by atoms with Gasteiger partial charge in [-0.3, -0.25) is 9.69 Å². The standard InChI is InChI=1S/C22H17N3O3S3/c1-31(27,28)18-8-9-19-20(13-18)30-22(24-19)25(11-10-17-3-2-12-29-17)21(26)16-6-4-15(14-23)5-7-16/h2-9,12-13H,10-11H2,1H3. The number of nitrogens with zero attached hydrogens (tertiary/aromatic N) is 3. The second-order valence-corrected chi connectivity index (χ2v) is 10.9. The van der Waals surface area contributed by atoms with Gasteiger partial charge in [0.05, 0.1) is 26.7 Å². The predicted molar refractivity (Wildman–Crippen MR) is 124 cm³/mol. The molecule has 4 aromatic rings. The topological polar surface area (TPSA) is 91.1 Å². The summed E-state index contributed by atoms with van der Waals surface area (Å²) in [6, 6.07) is 17.3. The number of amides is 1. The highest BCUT2D eigenvalue weighted by Crippen LogP contribution is 2.32. The predicted octanol–water partition coefficient (Wildman–Crippen LogP) is 4.52. The molecule has 0 spiro atoms. The van der Waals surface area contributed by atoms with Crippen molar-refractivity contribution in [2.45, 2.75) is 11.3 Å². The summed E-state index contributed by atoms with van der Waals surface area (Å²) in [5, 5.41) is 11.5. The fourth-order valence-electron chi connectivity index (χ4n) is 3.04. The number of thiophene rings is 1. The Bertz CT molecular complexity index is 1380. The smallest absolute Gasteiger partial charge is 0.260 e. The number of hydrogen-bond donors (Lipinski definition) is 0. The van der Waals surface area contributed by atoms with Crippen LogP contribution in [0.15, 0.2) is 64.9 Å². The first-order chi connectivity index (χ1) is 14.8.